The molecular weight excluding hydrogens is 531 g/mol. The number of carbonyl (C=O) groups is 2. The number of allylic oxidation sites excluding steroid dienone is 4. The Balaban J connectivity index is 1.33. The normalized spacial score (nSPS) is 22.6. The Bertz CT molecular complexity index is 1440. The molecule has 7 heteroatoms. The fraction of sp³-hybridized carbons (Fsp3) is 0.486. The van der Waals surface area contributed by atoms with Crippen molar-refractivity contribution in [2.75, 3.05) is 38.2 Å². The summed E-state index contributed by atoms with van der Waals surface area (Å²) in [6.07, 6.45) is 2.21. The number of halogens is 1. The van der Waals surface area contributed by atoms with E-state index in [0.717, 1.165) is 54.6 Å². The van der Waals surface area contributed by atoms with Crippen molar-refractivity contribution >= 4 is 17.3 Å². The number of para-hydroxylation sites is 1. The largest absolute Gasteiger partial charge is 0.496 e. The van der Waals surface area contributed by atoms with E-state index in [2.05, 4.69) is 43.6 Å². The molecule has 0 unspecified atom stereocenters. The maximum absolute atomic E-state index is 14.4. The first-order valence-electron chi connectivity index (χ1n) is 15.0. The van der Waals surface area contributed by atoms with Gasteiger partial charge in [0.2, 0.25) is 0 Å². The summed E-state index contributed by atoms with van der Waals surface area (Å²) in [5.74, 6) is 1.74. The van der Waals surface area contributed by atoms with Crippen LogP contribution in [0.4, 0.5) is 10.1 Å². The highest BCUT2D eigenvalue weighted by atomic mass is 19.1. The van der Waals surface area contributed by atoms with Gasteiger partial charge in [0, 0.05) is 81.0 Å². The summed E-state index contributed by atoms with van der Waals surface area (Å²) < 4.78 is 26.6. The molecule has 0 atom stereocenters. The van der Waals surface area contributed by atoms with Crippen LogP contribution < -0.4 is 9.64 Å². The molecule has 0 saturated carbocycles. The van der Waals surface area contributed by atoms with Crippen LogP contribution in [0.2, 0.25) is 0 Å². The maximum Gasteiger partial charge on any atom is 0.163 e. The molecule has 0 aromatic heterocycles. The summed E-state index contributed by atoms with van der Waals surface area (Å²) in [6.45, 7) is 12.1. The number of ketones is 2. The Morgan fingerprint density at radius 2 is 1.45 bits per heavy atom. The highest BCUT2D eigenvalue weighted by molar-refractivity contribution is 6.06. The van der Waals surface area contributed by atoms with E-state index < -0.39 is 5.92 Å². The molecular formula is C35H41FN2O4. The van der Waals surface area contributed by atoms with Gasteiger partial charge < -0.3 is 14.4 Å². The fourth-order valence-electron chi connectivity index (χ4n) is 7.21. The first-order valence-corrected chi connectivity index (χ1v) is 15.0. The number of Topliss-reactive ketones (excluding diaryl/α,β-unsaturated/α-hetero) is 2. The van der Waals surface area contributed by atoms with E-state index in [1.807, 2.05) is 24.3 Å². The van der Waals surface area contributed by atoms with Crippen LogP contribution in [0.1, 0.15) is 70.4 Å². The number of ether oxygens (including phenoxy) is 2. The summed E-state index contributed by atoms with van der Waals surface area (Å²) in [7, 11) is 1.67. The van der Waals surface area contributed by atoms with Gasteiger partial charge in [0.05, 0.1) is 12.8 Å². The minimum Gasteiger partial charge on any atom is -0.496 e. The zero-order valence-electron chi connectivity index (χ0n) is 25.4. The molecule has 2 heterocycles. The molecule has 2 aliphatic carbocycles. The standard InChI is InChI=1S/C35H41FN2O4/c1-34(2)17-26(39)32-29(19-34)42-30-20-35(3,4)18-27(40)33(30)31(32)22-10-11-28(41-5)23(16-22)21-37-12-14-38(15-13-37)25-9-7-6-8-24(25)36/h6-11,16,31H,12-15,17-21H2,1-5H3. The topological polar surface area (TPSA) is 59.1 Å². The van der Waals surface area contributed by atoms with Crippen molar-refractivity contribution in [3.05, 3.63) is 82.1 Å². The van der Waals surface area contributed by atoms with Crippen LogP contribution in [0.25, 0.3) is 0 Å². The van der Waals surface area contributed by atoms with Crippen molar-refractivity contribution in [2.24, 2.45) is 10.8 Å². The average molecular weight is 573 g/mol. The molecule has 0 amide bonds. The smallest absolute Gasteiger partial charge is 0.163 e. The molecule has 222 valence electrons. The SMILES string of the molecule is COc1ccc(C2C3=C(CC(C)(C)CC3=O)OC3=C2C(=O)CC(C)(C)C3)cc1CN1CCN(c2ccccc2F)CC1. The monoisotopic (exact) mass is 572 g/mol. The van der Waals surface area contributed by atoms with Gasteiger partial charge in [-0.05, 0) is 40.7 Å². The van der Waals surface area contributed by atoms with Crippen LogP contribution in [-0.4, -0.2) is 49.8 Å². The summed E-state index contributed by atoms with van der Waals surface area (Å²) in [5, 5.41) is 0. The van der Waals surface area contributed by atoms with Crippen LogP contribution in [-0.2, 0) is 20.9 Å². The van der Waals surface area contributed by atoms with Crippen molar-refractivity contribution in [1.82, 2.24) is 4.90 Å². The number of piperazine rings is 1. The van der Waals surface area contributed by atoms with Gasteiger partial charge in [0.1, 0.15) is 23.1 Å². The van der Waals surface area contributed by atoms with Crippen LogP contribution in [0.5, 0.6) is 5.75 Å². The first-order chi connectivity index (χ1) is 19.9. The second kappa shape index (κ2) is 10.7. The third kappa shape index (κ3) is 5.39. The zero-order valence-corrected chi connectivity index (χ0v) is 25.4. The summed E-state index contributed by atoms with van der Waals surface area (Å²) in [5.41, 5.74) is 3.50. The van der Waals surface area contributed by atoms with Gasteiger partial charge >= 0.3 is 0 Å². The van der Waals surface area contributed by atoms with Crippen LogP contribution in [0.3, 0.4) is 0 Å². The average Bonchev–Trinajstić information content (AvgIpc) is 2.91. The van der Waals surface area contributed by atoms with Crippen molar-refractivity contribution in [3.8, 4) is 5.75 Å². The molecule has 2 aromatic rings. The molecule has 0 bridgehead atoms. The number of nitrogens with zero attached hydrogens (tertiary/aromatic N) is 2. The molecule has 4 aliphatic rings. The van der Waals surface area contributed by atoms with Crippen molar-refractivity contribution in [2.45, 2.75) is 65.8 Å². The lowest BCUT2D eigenvalue weighted by atomic mass is 9.65. The highest BCUT2D eigenvalue weighted by Gasteiger charge is 2.48. The Labute approximate surface area is 248 Å². The molecule has 1 saturated heterocycles. The molecule has 2 aliphatic heterocycles. The van der Waals surface area contributed by atoms with Gasteiger partial charge in [-0.15, -0.1) is 0 Å². The molecule has 6 rings (SSSR count). The van der Waals surface area contributed by atoms with E-state index in [-0.39, 0.29) is 28.2 Å². The lowest BCUT2D eigenvalue weighted by Crippen LogP contribution is -2.46. The minimum atomic E-state index is -0.432. The number of hydrogen-bond donors (Lipinski definition) is 0. The Kier molecular flexibility index (Phi) is 7.28. The third-order valence-electron chi connectivity index (χ3n) is 9.18. The van der Waals surface area contributed by atoms with Crippen LogP contribution >= 0.6 is 0 Å². The van der Waals surface area contributed by atoms with Gasteiger partial charge in [-0.3, -0.25) is 14.5 Å². The maximum atomic E-state index is 14.4. The molecule has 0 spiro atoms. The van der Waals surface area contributed by atoms with Crippen LogP contribution in [0, 0.1) is 16.6 Å². The summed E-state index contributed by atoms with van der Waals surface area (Å²) in [6, 6.07) is 13.0. The zero-order chi connectivity index (χ0) is 29.8. The van der Waals surface area contributed by atoms with Crippen molar-refractivity contribution in [3.63, 3.8) is 0 Å². The first kappa shape index (κ1) is 28.7. The van der Waals surface area contributed by atoms with Gasteiger partial charge in [0.15, 0.2) is 11.6 Å². The number of rotatable bonds is 5. The molecule has 0 radical (unpaired) electrons. The number of benzene rings is 2. The van der Waals surface area contributed by atoms with Gasteiger partial charge in [-0.1, -0.05) is 45.9 Å². The Morgan fingerprint density at radius 3 is 2.02 bits per heavy atom. The molecule has 0 N–H and O–H groups in total. The van der Waals surface area contributed by atoms with E-state index in [4.69, 9.17) is 9.47 Å². The van der Waals surface area contributed by atoms with Gasteiger partial charge in [0.25, 0.3) is 0 Å². The van der Waals surface area contributed by atoms with E-state index in [9.17, 15) is 14.0 Å². The quantitative estimate of drug-likeness (QED) is 0.405. The second-order valence-corrected chi connectivity index (χ2v) is 13.9. The van der Waals surface area contributed by atoms with Crippen molar-refractivity contribution < 1.29 is 23.5 Å². The minimum absolute atomic E-state index is 0.0667. The predicted octanol–water partition coefficient (Wildman–Crippen LogP) is 6.56. The van der Waals surface area contributed by atoms with Crippen molar-refractivity contribution in [1.29, 1.82) is 0 Å². The van der Waals surface area contributed by atoms with Gasteiger partial charge in [-0.25, -0.2) is 4.39 Å². The Hall–Kier alpha value is -3.45. The summed E-state index contributed by atoms with van der Waals surface area (Å²) in [4.78, 5) is 31.8. The molecule has 1 fully saturated rings. The van der Waals surface area contributed by atoms with Crippen LogP contribution in [0.15, 0.2) is 65.1 Å². The molecule has 6 nitrogen and oxygen atoms in total. The molecule has 2 aromatic carbocycles. The highest BCUT2D eigenvalue weighted by Crippen LogP contribution is 2.53. The summed E-state index contributed by atoms with van der Waals surface area (Å²) >= 11 is 0. The van der Waals surface area contributed by atoms with Gasteiger partial charge in [-0.2, -0.15) is 0 Å². The van der Waals surface area contributed by atoms with E-state index in [0.29, 0.717) is 49.1 Å². The number of anilines is 1. The molecule has 42 heavy (non-hydrogen) atoms. The van der Waals surface area contributed by atoms with E-state index >= 15 is 0 Å². The number of carbonyl (C=O) groups excluding carboxylic acids is 2. The second-order valence-electron chi connectivity index (χ2n) is 13.9. The lowest BCUT2D eigenvalue weighted by Gasteiger charge is -2.43. The van der Waals surface area contributed by atoms with E-state index in [1.165, 1.54) is 6.07 Å². The Morgan fingerprint density at radius 1 is 0.857 bits per heavy atom. The van der Waals surface area contributed by atoms with E-state index in [1.54, 1.807) is 13.2 Å². The lowest BCUT2D eigenvalue weighted by molar-refractivity contribution is -0.120. The number of hydrogen-bond acceptors (Lipinski definition) is 6. The predicted molar refractivity (Wildman–Crippen MR) is 161 cm³/mol. The third-order valence-corrected chi connectivity index (χ3v) is 9.18. The number of methoxy groups -OCH3 is 1. The fourth-order valence-corrected chi connectivity index (χ4v) is 7.21.